The molecule has 4 saturated carbocycles. The Balaban J connectivity index is 1.20. The Morgan fingerprint density at radius 1 is 1.21 bits per heavy atom. The molecule has 0 saturated heterocycles. The van der Waals surface area contributed by atoms with E-state index in [4.69, 9.17) is 21.3 Å². The van der Waals surface area contributed by atoms with Crippen molar-refractivity contribution in [2.75, 3.05) is 24.4 Å². The van der Waals surface area contributed by atoms with Gasteiger partial charge in [-0.2, -0.15) is 4.98 Å². The van der Waals surface area contributed by atoms with Crippen LogP contribution in [-0.2, 0) is 11.3 Å². The van der Waals surface area contributed by atoms with Gasteiger partial charge in [-0.25, -0.2) is 9.97 Å². The molecule has 2 atom stereocenters. The maximum atomic E-state index is 10.9. The van der Waals surface area contributed by atoms with E-state index in [2.05, 4.69) is 25.2 Å². The zero-order valence-electron chi connectivity index (χ0n) is 18.7. The molecule has 2 unspecified atom stereocenters. The number of halogens is 1. The number of hydrogen-bond acceptors (Lipinski definition) is 7. The minimum Gasteiger partial charge on any atom is -0.390 e. The topological polar surface area (TPSA) is 97.1 Å². The Hall–Kier alpha value is -2.42. The third-order valence-corrected chi connectivity index (χ3v) is 7.98. The highest BCUT2D eigenvalue weighted by atomic mass is 35.5. The van der Waals surface area contributed by atoms with Crippen LogP contribution in [-0.4, -0.2) is 50.0 Å². The number of aliphatic hydroxyl groups is 1. The summed E-state index contributed by atoms with van der Waals surface area (Å²) in [4.78, 5) is 13.6. The van der Waals surface area contributed by atoms with Gasteiger partial charge in [-0.1, -0.05) is 11.6 Å². The van der Waals surface area contributed by atoms with Crippen LogP contribution in [0.5, 0.6) is 0 Å². The number of hydrogen-bond donors (Lipinski definition) is 3. The second kappa shape index (κ2) is 8.11. The highest BCUT2D eigenvalue weighted by molar-refractivity contribution is 6.32. The summed E-state index contributed by atoms with van der Waals surface area (Å²) >= 11 is 6.47. The third-order valence-electron chi connectivity index (χ3n) is 7.70. The van der Waals surface area contributed by atoms with Crippen LogP contribution in [0.2, 0.25) is 5.02 Å². The number of nitrogens with one attached hydrogen (secondary N) is 2. The van der Waals surface area contributed by atoms with Crippen LogP contribution in [0.25, 0.3) is 11.0 Å². The molecule has 3 N–H and O–H groups in total. The van der Waals surface area contributed by atoms with Crippen molar-refractivity contribution in [2.45, 2.75) is 50.3 Å². The van der Waals surface area contributed by atoms with Gasteiger partial charge in [-0.3, -0.25) is 0 Å². The van der Waals surface area contributed by atoms with Crippen LogP contribution in [0.4, 0.5) is 17.5 Å². The molecule has 2 aromatic heterocycles. The molecule has 7 rings (SSSR count). The summed E-state index contributed by atoms with van der Waals surface area (Å²) in [6.07, 6.45) is 8.56. The van der Waals surface area contributed by atoms with Gasteiger partial charge in [-0.05, 0) is 68.1 Å². The number of anilines is 3. The Morgan fingerprint density at radius 2 is 2.03 bits per heavy atom. The van der Waals surface area contributed by atoms with E-state index in [0.29, 0.717) is 47.2 Å². The molecular weight excluding hydrogens is 440 g/mol. The number of ether oxygens (including phenoxy) is 1. The zero-order valence-corrected chi connectivity index (χ0v) is 19.4. The lowest BCUT2D eigenvalue weighted by Crippen LogP contribution is -2.59. The van der Waals surface area contributed by atoms with E-state index in [-0.39, 0.29) is 0 Å². The molecule has 0 spiro atoms. The molecule has 0 radical (unpaired) electrons. The average molecular weight is 469 g/mol. The van der Waals surface area contributed by atoms with E-state index in [1.807, 2.05) is 24.5 Å². The Bertz CT molecular complexity index is 1170. The summed E-state index contributed by atoms with van der Waals surface area (Å²) in [5.74, 6) is 2.75. The first-order chi connectivity index (χ1) is 16.0. The predicted octanol–water partition coefficient (Wildman–Crippen LogP) is 4.22. The second-order valence-electron chi connectivity index (χ2n) is 10.0. The monoisotopic (exact) mass is 468 g/mol. The lowest BCUT2D eigenvalue weighted by molar-refractivity contribution is -0.129. The minimum absolute atomic E-state index is 0.300. The van der Waals surface area contributed by atoms with E-state index in [9.17, 15) is 5.11 Å². The Morgan fingerprint density at radius 3 is 2.79 bits per heavy atom. The molecule has 33 heavy (non-hydrogen) atoms. The minimum atomic E-state index is -0.452. The molecule has 4 aliphatic carbocycles. The fourth-order valence-corrected chi connectivity index (χ4v) is 6.69. The summed E-state index contributed by atoms with van der Waals surface area (Å²) in [5.41, 5.74) is 2.37. The van der Waals surface area contributed by atoms with Crippen LogP contribution in [0, 0.1) is 17.8 Å². The van der Waals surface area contributed by atoms with Gasteiger partial charge >= 0.3 is 0 Å². The van der Waals surface area contributed by atoms with Crippen molar-refractivity contribution in [3.05, 3.63) is 35.7 Å². The largest absolute Gasteiger partial charge is 0.390 e. The Kier molecular flexibility index (Phi) is 5.19. The molecule has 0 amide bonds. The third kappa shape index (κ3) is 3.94. The van der Waals surface area contributed by atoms with Crippen molar-refractivity contribution in [3.8, 4) is 0 Å². The van der Waals surface area contributed by atoms with Gasteiger partial charge in [0.1, 0.15) is 5.02 Å². The first-order valence-corrected chi connectivity index (χ1v) is 12.1. The standard InChI is InChI=1S/C24H29ClN6O2/c1-33-5-4-31-13-27-19-8-17(2-3-20(19)31)28-23-26-12-18(25)22(30-23)29-21-15-6-14-7-16(21)11-24(32,9-14)10-15/h2-3,8,12-16,21,32H,4-7,9-11H2,1H3,(H2,26,28,29,30). The summed E-state index contributed by atoms with van der Waals surface area (Å²) < 4.78 is 7.25. The maximum Gasteiger partial charge on any atom is 0.229 e. The van der Waals surface area contributed by atoms with Crippen molar-refractivity contribution in [1.82, 2.24) is 19.5 Å². The van der Waals surface area contributed by atoms with Crippen LogP contribution < -0.4 is 10.6 Å². The van der Waals surface area contributed by atoms with E-state index >= 15 is 0 Å². The lowest BCUT2D eigenvalue weighted by atomic mass is 9.52. The van der Waals surface area contributed by atoms with Crippen LogP contribution in [0.3, 0.4) is 0 Å². The highest BCUT2D eigenvalue weighted by Gasteiger charge is 2.54. The number of benzene rings is 1. The highest BCUT2D eigenvalue weighted by Crippen LogP contribution is 2.56. The summed E-state index contributed by atoms with van der Waals surface area (Å²) in [6.45, 7) is 1.40. The van der Waals surface area contributed by atoms with Crippen molar-refractivity contribution >= 4 is 40.1 Å². The molecule has 8 nitrogen and oxygen atoms in total. The quantitative estimate of drug-likeness (QED) is 0.477. The second-order valence-corrected chi connectivity index (χ2v) is 10.4. The van der Waals surface area contributed by atoms with Gasteiger partial charge < -0.3 is 25.0 Å². The molecule has 174 valence electrons. The van der Waals surface area contributed by atoms with Crippen LogP contribution >= 0.6 is 11.6 Å². The first-order valence-electron chi connectivity index (χ1n) is 11.7. The molecule has 0 aliphatic heterocycles. The SMILES string of the molecule is COCCn1cnc2cc(Nc3ncc(Cl)c(NC4C5CC6CC4CC(O)(C6)C5)n3)ccc21. The van der Waals surface area contributed by atoms with Gasteiger partial charge in [0.2, 0.25) is 5.95 Å². The lowest BCUT2D eigenvalue weighted by Gasteiger charge is -2.58. The van der Waals surface area contributed by atoms with Gasteiger partial charge in [-0.15, -0.1) is 0 Å². The molecule has 9 heteroatoms. The molecule has 4 fully saturated rings. The number of methoxy groups -OCH3 is 1. The van der Waals surface area contributed by atoms with Crippen molar-refractivity contribution in [1.29, 1.82) is 0 Å². The van der Waals surface area contributed by atoms with Gasteiger partial charge in [0, 0.05) is 25.4 Å². The van der Waals surface area contributed by atoms with Crippen LogP contribution in [0.15, 0.2) is 30.7 Å². The molecule has 4 aliphatic rings. The predicted molar refractivity (Wildman–Crippen MR) is 128 cm³/mol. The van der Waals surface area contributed by atoms with E-state index in [0.717, 1.165) is 42.5 Å². The summed E-state index contributed by atoms with van der Waals surface area (Å²) in [6, 6.07) is 6.32. The number of nitrogens with zero attached hydrogens (tertiary/aromatic N) is 4. The maximum absolute atomic E-state index is 10.9. The van der Waals surface area contributed by atoms with Gasteiger partial charge in [0.15, 0.2) is 5.82 Å². The van der Waals surface area contributed by atoms with Gasteiger partial charge in [0.25, 0.3) is 0 Å². The number of aromatic nitrogens is 4. The smallest absolute Gasteiger partial charge is 0.229 e. The van der Waals surface area contributed by atoms with Gasteiger partial charge in [0.05, 0.1) is 35.8 Å². The van der Waals surface area contributed by atoms with E-state index in [1.165, 1.54) is 12.8 Å². The number of fused-ring (bicyclic) bond motifs is 1. The van der Waals surface area contributed by atoms with Crippen molar-refractivity contribution < 1.29 is 9.84 Å². The van der Waals surface area contributed by atoms with Crippen molar-refractivity contribution in [2.24, 2.45) is 17.8 Å². The van der Waals surface area contributed by atoms with Crippen LogP contribution in [0.1, 0.15) is 32.1 Å². The van der Waals surface area contributed by atoms with E-state index < -0.39 is 5.60 Å². The molecule has 1 aromatic carbocycles. The normalized spacial score (nSPS) is 30.2. The van der Waals surface area contributed by atoms with Crippen molar-refractivity contribution in [3.63, 3.8) is 0 Å². The van der Waals surface area contributed by atoms with E-state index in [1.54, 1.807) is 13.3 Å². The zero-order chi connectivity index (χ0) is 22.6. The molecule has 3 aromatic rings. The molecular formula is C24H29ClN6O2. The first kappa shape index (κ1) is 21.1. The molecule has 4 bridgehead atoms. The summed E-state index contributed by atoms with van der Waals surface area (Å²) in [7, 11) is 1.70. The Labute approximate surface area is 197 Å². The fourth-order valence-electron chi connectivity index (χ4n) is 6.54. The number of rotatable bonds is 7. The fraction of sp³-hybridized carbons (Fsp3) is 0.542. The molecule has 2 heterocycles. The summed E-state index contributed by atoms with van der Waals surface area (Å²) in [5, 5.41) is 18.3. The number of imidazole rings is 1. The average Bonchev–Trinajstić information content (AvgIpc) is 3.18.